The number of ether oxygens (including phenoxy) is 5. The van der Waals surface area contributed by atoms with E-state index in [4.69, 9.17) is 41.0 Å². The van der Waals surface area contributed by atoms with Crippen LogP contribution in [0.15, 0.2) is 84.0 Å². The fourth-order valence-electron chi connectivity index (χ4n) is 9.12. The number of likely N-dealkylation sites (tertiary alicyclic amines) is 1. The van der Waals surface area contributed by atoms with E-state index in [2.05, 4.69) is 16.5 Å². The SMILES string of the molecule is C=C1C[C@@H](C2OCCN2C(=O)OCCSSc2ccccn2)N(C(=O)c2cc(OC)c(OCCCCCC(=O)N3CC(CCl)c4c3cc(OC(=O)N3CCN(C)CC3)c3ccccc43)cc2N)C1. The number of halogens is 1. The van der Waals surface area contributed by atoms with E-state index in [1.807, 2.05) is 55.6 Å². The number of methoxy groups -OCH3 is 1. The van der Waals surface area contributed by atoms with Gasteiger partial charge in [-0.3, -0.25) is 14.5 Å². The average Bonchev–Trinajstić information content (AvgIpc) is 4.10. The van der Waals surface area contributed by atoms with Gasteiger partial charge < -0.3 is 49.0 Å². The van der Waals surface area contributed by atoms with Gasteiger partial charge in [0.05, 0.1) is 44.2 Å². The summed E-state index contributed by atoms with van der Waals surface area (Å²) in [6.07, 6.45) is 2.86. The van der Waals surface area contributed by atoms with Gasteiger partial charge in [0, 0.05) is 92.6 Å². The maximum Gasteiger partial charge on any atom is 0.415 e. The number of piperazine rings is 1. The number of aromatic nitrogens is 1. The van der Waals surface area contributed by atoms with Gasteiger partial charge in [-0.15, -0.1) is 11.6 Å². The molecule has 4 aliphatic heterocycles. The van der Waals surface area contributed by atoms with E-state index >= 15 is 0 Å². The van der Waals surface area contributed by atoms with Crippen molar-refractivity contribution in [1.82, 2.24) is 24.6 Å². The number of nitrogens with two attached hydrogens (primary N) is 1. The van der Waals surface area contributed by atoms with E-state index < -0.39 is 24.5 Å². The maximum atomic E-state index is 14.2. The zero-order chi connectivity index (χ0) is 47.7. The number of likely N-dealkylation sites (N-methyl/N-ethyl adjacent to an activating group) is 1. The second-order valence-electron chi connectivity index (χ2n) is 17.2. The number of unbranched alkanes of at least 4 members (excludes halogenated alkanes) is 2. The van der Waals surface area contributed by atoms with E-state index in [0.29, 0.717) is 100 Å². The summed E-state index contributed by atoms with van der Waals surface area (Å²) >= 11 is 6.51. The molecule has 3 saturated heterocycles. The molecule has 8 rings (SSSR count). The quantitative estimate of drug-likeness (QED) is 0.0356. The Balaban J connectivity index is 0.836. The highest BCUT2D eigenvalue weighted by atomic mass is 35.5. The minimum Gasteiger partial charge on any atom is -0.493 e. The van der Waals surface area contributed by atoms with Gasteiger partial charge >= 0.3 is 12.2 Å². The second-order valence-corrected chi connectivity index (χ2v) is 20.0. The largest absolute Gasteiger partial charge is 0.493 e. The van der Waals surface area contributed by atoms with Crippen LogP contribution in [0.3, 0.4) is 0 Å². The molecule has 3 aromatic carbocycles. The van der Waals surface area contributed by atoms with Crippen molar-refractivity contribution in [2.24, 2.45) is 0 Å². The van der Waals surface area contributed by atoms with Crippen LogP contribution in [-0.4, -0.2) is 152 Å². The molecule has 4 aliphatic rings. The van der Waals surface area contributed by atoms with E-state index in [-0.39, 0.29) is 42.1 Å². The van der Waals surface area contributed by atoms with E-state index in [0.717, 1.165) is 45.7 Å². The molecule has 5 heterocycles. The average molecular weight is 989 g/mol. The third-order valence-electron chi connectivity index (χ3n) is 12.7. The molecule has 4 amide bonds. The molecule has 19 heteroatoms. The van der Waals surface area contributed by atoms with Crippen molar-refractivity contribution in [1.29, 1.82) is 0 Å². The standard InChI is InChI=1S/C49H58ClN7O9S2/c1-32-25-39(47-55(20-22-64-47)49(61)65-23-24-67-68-43-13-8-9-15-52-43)57(30-32)46(59)36-26-41(62-3)42(27-37(36)51)63-21-10-4-5-14-44(58)56-31-33(29-50)45-35-12-7-6-11-34(35)40(28-38(45)56)66-48(60)54-18-16-53(2)17-19-54/h6-9,11-13,15,26-28,33,39,47H,1,4-5,10,14,16-25,29-31,51H2,2-3H3/t33?,39-,47?/m0/s1. The van der Waals surface area contributed by atoms with Crippen molar-refractivity contribution in [3.63, 3.8) is 0 Å². The van der Waals surface area contributed by atoms with Gasteiger partial charge in [0.25, 0.3) is 5.91 Å². The third-order valence-corrected chi connectivity index (χ3v) is 15.3. The topological polar surface area (TPSA) is 170 Å². The molecule has 0 radical (unpaired) electrons. The van der Waals surface area contributed by atoms with Crippen molar-refractivity contribution in [2.75, 3.05) is 102 Å². The zero-order valence-electron chi connectivity index (χ0n) is 38.4. The first kappa shape index (κ1) is 49.0. The molecule has 0 spiro atoms. The zero-order valence-corrected chi connectivity index (χ0v) is 40.8. The highest BCUT2D eigenvalue weighted by Gasteiger charge is 2.45. The number of hydrogen-bond acceptors (Lipinski definition) is 14. The first-order valence-electron chi connectivity index (χ1n) is 22.9. The Morgan fingerprint density at radius 3 is 2.47 bits per heavy atom. The smallest absolute Gasteiger partial charge is 0.415 e. The normalized spacial score (nSPS) is 19.4. The van der Waals surface area contributed by atoms with Gasteiger partial charge in [-0.1, -0.05) is 53.3 Å². The molecule has 2 N–H and O–H groups in total. The number of carbonyl (C=O) groups is 4. The molecule has 0 aliphatic carbocycles. The predicted octanol–water partition coefficient (Wildman–Crippen LogP) is 7.89. The Hall–Kier alpha value is -5.40. The Labute approximate surface area is 409 Å². The summed E-state index contributed by atoms with van der Waals surface area (Å²) in [6.45, 7) is 8.78. The summed E-state index contributed by atoms with van der Waals surface area (Å²) in [4.78, 5) is 67.8. The monoisotopic (exact) mass is 987 g/mol. The summed E-state index contributed by atoms with van der Waals surface area (Å²) in [6, 6.07) is 18.0. The number of amides is 4. The Morgan fingerprint density at radius 1 is 0.912 bits per heavy atom. The molecule has 1 aromatic heterocycles. The first-order chi connectivity index (χ1) is 33.0. The second kappa shape index (κ2) is 22.8. The fraction of sp³-hybridized carbons (Fsp3) is 0.449. The molecular formula is C49H58ClN7O9S2. The van der Waals surface area contributed by atoms with Gasteiger partial charge in [-0.2, -0.15) is 0 Å². The summed E-state index contributed by atoms with van der Waals surface area (Å²) in [7, 11) is 6.59. The van der Waals surface area contributed by atoms with Crippen LogP contribution < -0.4 is 24.8 Å². The van der Waals surface area contributed by atoms with Crippen molar-refractivity contribution in [3.05, 3.63) is 90.1 Å². The number of nitrogens with zero attached hydrogens (tertiary/aromatic N) is 6. The number of carbonyl (C=O) groups excluding carboxylic acids is 4. The number of pyridine rings is 1. The van der Waals surface area contributed by atoms with Gasteiger partial charge in [0.1, 0.15) is 17.4 Å². The van der Waals surface area contributed by atoms with Crippen molar-refractivity contribution in [2.45, 2.75) is 55.3 Å². The summed E-state index contributed by atoms with van der Waals surface area (Å²) in [5.74, 6) is 1.64. The molecule has 68 heavy (non-hydrogen) atoms. The van der Waals surface area contributed by atoms with Crippen LogP contribution >= 0.6 is 33.2 Å². The van der Waals surface area contributed by atoms with Crippen LogP contribution in [0.4, 0.5) is 21.0 Å². The molecule has 0 saturated carbocycles. The molecule has 362 valence electrons. The Kier molecular flexibility index (Phi) is 16.4. The molecular weight excluding hydrogens is 930 g/mol. The Bertz CT molecular complexity index is 2480. The van der Waals surface area contributed by atoms with E-state index in [1.54, 1.807) is 43.8 Å². The summed E-state index contributed by atoms with van der Waals surface area (Å²) in [5, 5.41) is 2.61. The lowest BCUT2D eigenvalue weighted by Gasteiger charge is -2.33. The maximum absolute atomic E-state index is 14.2. The highest BCUT2D eigenvalue weighted by Crippen LogP contribution is 2.46. The Morgan fingerprint density at radius 2 is 1.71 bits per heavy atom. The van der Waals surface area contributed by atoms with Crippen LogP contribution in [0, 0.1) is 0 Å². The number of fused-ring (bicyclic) bond motifs is 3. The summed E-state index contributed by atoms with van der Waals surface area (Å²) in [5.41, 5.74) is 9.53. The van der Waals surface area contributed by atoms with E-state index in [1.165, 1.54) is 22.8 Å². The highest BCUT2D eigenvalue weighted by molar-refractivity contribution is 8.76. The molecule has 0 bridgehead atoms. The lowest BCUT2D eigenvalue weighted by atomic mass is 9.95. The van der Waals surface area contributed by atoms with Crippen LogP contribution in [0.5, 0.6) is 17.2 Å². The number of hydrogen-bond donors (Lipinski definition) is 1. The number of benzene rings is 3. The number of alkyl halides is 1. The first-order valence-corrected chi connectivity index (χ1v) is 25.8. The minimum atomic E-state index is -0.715. The van der Waals surface area contributed by atoms with Gasteiger partial charge in [0.2, 0.25) is 5.91 Å². The van der Waals surface area contributed by atoms with E-state index in [9.17, 15) is 19.2 Å². The molecule has 3 fully saturated rings. The lowest BCUT2D eigenvalue weighted by molar-refractivity contribution is -0.118. The van der Waals surface area contributed by atoms with Crippen molar-refractivity contribution < 1.29 is 42.9 Å². The molecule has 3 atom stereocenters. The van der Waals surface area contributed by atoms with Gasteiger partial charge in [0.15, 0.2) is 17.7 Å². The summed E-state index contributed by atoms with van der Waals surface area (Å²) < 4.78 is 29.5. The van der Waals surface area contributed by atoms with Crippen LogP contribution in [-0.2, 0) is 14.3 Å². The van der Waals surface area contributed by atoms with Crippen LogP contribution in [0.2, 0.25) is 0 Å². The van der Waals surface area contributed by atoms with Crippen LogP contribution in [0.1, 0.15) is 53.9 Å². The molecule has 4 aromatic rings. The minimum absolute atomic E-state index is 0.0289. The fourth-order valence-corrected chi connectivity index (χ4v) is 11.1. The number of rotatable bonds is 17. The molecule has 2 unspecified atom stereocenters. The number of nitrogen functional groups attached to an aromatic ring is 1. The van der Waals surface area contributed by atoms with Crippen molar-refractivity contribution >= 4 is 79.3 Å². The van der Waals surface area contributed by atoms with Gasteiger partial charge in [-0.25, -0.2) is 14.6 Å². The van der Waals surface area contributed by atoms with Crippen molar-refractivity contribution in [3.8, 4) is 17.2 Å². The predicted molar refractivity (Wildman–Crippen MR) is 265 cm³/mol. The molecule has 16 nitrogen and oxygen atoms in total. The number of anilines is 2. The lowest BCUT2D eigenvalue weighted by Crippen LogP contribution is -2.51. The van der Waals surface area contributed by atoms with Gasteiger partial charge in [-0.05, 0) is 72.7 Å². The van der Waals surface area contributed by atoms with Crippen LogP contribution in [0.25, 0.3) is 10.8 Å². The third kappa shape index (κ3) is 11.2.